The average molecular weight is 312 g/mol. The van der Waals surface area contributed by atoms with Crippen LogP contribution in [0.5, 0.6) is 0 Å². The van der Waals surface area contributed by atoms with Crippen LogP contribution in [0.1, 0.15) is 31.9 Å². The molecule has 2 rings (SSSR count). The van der Waals surface area contributed by atoms with E-state index in [0.717, 1.165) is 44.6 Å². The van der Waals surface area contributed by atoms with E-state index in [-0.39, 0.29) is 18.2 Å². The zero-order valence-corrected chi connectivity index (χ0v) is 13.4. The number of aliphatic hydroxyl groups excluding tert-OH is 1. The number of anilines is 1. The van der Waals surface area contributed by atoms with Gasteiger partial charge >= 0.3 is 6.03 Å². The smallest absolute Gasteiger partial charge is 0.321 e. The van der Waals surface area contributed by atoms with E-state index in [1.54, 1.807) is 0 Å². The van der Waals surface area contributed by atoms with Gasteiger partial charge in [-0.05, 0) is 26.2 Å². The lowest BCUT2D eigenvalue weighted by atomic mass is 10.0. The molecule has 1 atom stereocenters. The maximum atomic E-state index is 11.9. The highest BCUT2D eigenvalue weighted by Crippen LogP contribution is 2.15. The van der Waals surface area contributed by atoms with Crippen molar-refractivity contribution < 1.29 is 9.90 Å². The van der Waals surface area contributed by atoms with Crippen LogP contribution >= 0.6 is 11.3 Å². The van der Waals surface area contributed by atoms with Gasteiger partial charge < -0.3 is 15.3 Å². The Hall–Kier alpha value is -1.18. The van der Waals surface area contributed by atoms with E-state index in [1.165, 1.54) is 11.3 Å². The molecule has 0 unspecified atom stereocenters. The van der Waals surface area contributed by atoms with Crippen LogP contribution in [0.15, 0.2) is 5.38 Å². The summed E-state index contributed by atoms with van der Waals surface area (Å²) in [7, 11) is 0. The molecular weight excluding hydrogens is 288 g/mol. The van der Waals surface area contributed by atoms with Crippen LogP contribution in [0.25, 0.3) is 0 Å². The van der Waals surface area contributed by atoms with E-state index >= 15 is 0 Å². The van der Waals surface area contributed by atoms with Crippen LogP contribution in [0, 0.1) is 6.92 Å². The lowest BCUT2D eigenvalue weighted by Crippen LogP contribution is -2.47. The van der Waals surface area contributed by atoms with Gasteiger partial charge in [0.15, 0.2) is 5.13 Å². The summed E-state index contributed by atoms with van der Waals surface area (Å²) in [5, 5.41) is 18.0. The van der Waals surface area contributed by atoms with Gasteiger partial charge in [0, 0.05) is 31.1 Å². The minimum atomic E-state index is -0.244. The van der Waals surface area contributed by atoms with Crippen molar-refractivity contribution in [3.8, 4) is 0 Å². The number of aromatic nitrogens is 1. The van der Waals surface area contributed by atoms with Gasteiger partial charge in [0.25, 0.3) is 0 Å². The number of carbonyl (C=O) groups excluding carboxylic acids is 1. The Balaban J connectivity index is 1.69. The first kappa shape index (κ1) is 16.2. The number of carbonyl (C=O) groups is 1. The first-order valence-electron chi connectivity index (χ1n) is 7.47. The molecule has 0 radical (unpaired) electrons. The number of rotatable bonds is 5. The number of amides is 2. The van der Waals surface area contributed by atoms with Gasteiger partial charge in [0.05, 0.1) is 11.8 Å². The summed E-state index contributed by atoms with van der Waals surface area (Å²) in [6, 6.07) is 0.0115. The van der Waals surface area contributed by atoms with E-state index < -0.39 is 0 Å². The summed E-state index contributed by atoms with van der Waals surface area (Å²) in [4.78, 5) is 18.4. The van der Waals surface area contributed by atoms with Crippen LogP contribution in [0.2, 0.25) is 0 Å². The second-order valence-corrected chi connectivity index (χ2v) is 6.39. The van der Waals surface area contributed by atoms with E-state index in [0.29, 0.717) is 5.13 Å². The Kier molecular flexibility index (Phi) is 5.96. The SMILES string of the molecule is CC[C@H](O)CN1CCC(NC(=O)Nc2nc(C)cs2)CC1. The third-order valence-corrected chi connectivity index (χ3v) is 4.58. The van der Waals surface area contributed by atoms with Crippen LogP contribution in [0.4, 0.5) is 9.93 Å². The fourth-order valence-corrected chi connectivity index (χ4v) is 3.10. The molecule has 1 saturated heterocycles. The third kappa shape index (κ3) is 5.26. The fourth-order valence-electron chi connectivity index (χ4n) is 2.42. The van der Waals surface area contributed by atoms with Gasteiger partial charge in [-0.15, -0.1) is 11.3 Å². The molecule has 21 heavy (non-hydrogen) atoms. The van der Waals surface area contributed by atoms with Crippen molar-refractivity contribution in [3.05, 3.63) is 11.1 Å². The van der Waals surface area contributed by atoms with Gasteiger partial charge in [-0.25, -0.2) is 9.78 Å². The van der Waals surface area contributed by atoms with Crippen LogP contribution < -0.4 is 10.6 Å². The zero-order chi connectivity index (χ0) is 15.2. The molecule has 1 aliphatic heterocycles. The number of urea groups is 1. The lowest BCUT2D eigenvalue weighted by Gasteiger charge is -2.33. The summed E-state index contributed by atoms with van der Waals surface area (Å²) in [6.07, 6.45) is 2.38. The van der Waals surface area contributed by atoms with Crippen LogP contribution in [0.3, 0.4) is 0 Å². The van der Waals surface area contributed by atoms with E-state index in [1.807, 2.05) is 19.2 Å². The van der Waals surface area contributed by atoms with E-state index in [9.17, 15) is 9.90 Å². The van der Waals surface area contributed by atoms with Crippen molar-refractivity contribution in [2.24, 2.45) is 0 Å². The molecule has 0 saturated carbocycles. The van der Waals surface area contributed by atoms with E-state index in [4.69, 9.17) is 0 Å². The maximum absolute atomic E-state index is 11.9. The summed E-state index contributed by atoms with van der Waals surface area (Å²) >= 11 is 1.43. The van der Waals surface area contributed by atoms with Crippen molar-refractivity contribution in [1.82, 2.24) is 15.2 Å². The van der Waals surface area contributed by atoms with Crippen molar-refractivity contribution >= 4 is 22.5 Å². The quantitative estimate of drug-likeness (QED) is 0.775. The molecule has 7 heteroatoms. The Bertz CT molecular complexity index is 458. The highest BCUT2D eigenvalue weighted by Gasteiger charge is 2.22. The molecule has 1 aliphatic rings. The number of nitrogens with zero attached hydrogens (tertiary/aromatic N) is 2. The molecule has 1 aromatic rings. The zero-order valence-electron chi connectivity index (χ0n) is 12.6. The van der Waals surface area contributed by atoms with Gasteiger partial charge in [-0.1, -0.05) is 6.92 Å². The first-order chi connectivity index (χ1) is 10.1. The van der Waals surface area contributed by atoms with Crippen molar-refractivity contribution in [2.75, 3.05) is 25.0 Å². The summed E-state index contributed by atoms with van der Waals surface area (Å²) in [5.41, 5.74) is 0.915. The predicted octanol–water partition coefficient (Wildman–Crippen LogP) is 1.81. The largest absolute Gasteiger partial charge is 0.392 e. The number of nitrogens with one attached hydrogen (secondary N) is 2. The second kappa shape index (κ2) is 7.72. The highest BCUT2D eigenvalue weighted by atomic mass is 32.1. The fraction of sp³-hybridized carbons (Fsp3) is 0.714. The Morgan fingerprint density at radius 1 is 1.57 bits per heavy atom. The minimum Gasteiger partial charge on any atom is -0.392 e. The molecule has 0 spiro atoms. The maximum Gasteiger partial charge on any atom is 0.321 e. The molecule has 118 valence electrons. The molecule has 0 aromatic carbocycles. The number of hydrogen-bond donors (Lipinski definition) is 3. The standard InChI is InChI=1S/C14H24N4O2S/c1-3-12(19)8-18-6-4-11(5-7-18)16-13(20)17-14-15-10(2)9-21-14/h9,11-12,19H,3-8H2,1-2H3,(H2,15,16,17,20)/t12-/m0/s1. The van der Waals surface area contributed by atoms with Gasteiger partial charge in [0.2, 0.25) is 0 Å². The molecule has 0 bridgehead atoms. The second-order valence-electron chi connectivity index (χ2n) is 5.53. The number of hydrogen-bond acceptors (Lipinski definition) is 5. The molecule has 2 heterocycles. The number of aryl methyl sites for hydroxylation is 1. The Morgan fingerprint density at radius 2 is 2.29 bits per heavy atom. The molecular formula is C14H24N4O2S. The average Bonchev–Trinajstić information content (AvgIpc) is 2.86. The normalized spacial score (nSPS) is 18.4. The number of likely N-dealkylation sites (tertiary alicyclic amines) is 1. The van der Waals surface area contributed by atoms with Crippen molar-refractivity contribution in [3.63, 3.8) is 0 Å². The predicted molar refractivity (Wildman–Crippen MR) is 84.8 cm³/mol. The first-order valence-corrected chi connectivity index (χ1v) is 8.35. The number of piperidine rings is 1. The summed E-state index contributed by atoms with van der Waals surface area (Å²) in [5.74, 6) is 0. The monoisotopic (exact) mass is 312 g/mol. The minimum absolute atomic E-state index is 0.184. The number of thiazole rings is 1. The number of β-amino-alcohol motifs (C(OH)–C–C–N with tert-alkyl or cyclic N) is 1. The molecule has 1 fully saturated rings. The Morgan fingerprint density at radius 3 is 2.86 bits per heavy atom. The van der Waals surface area contributed by atoms with Crippen LogP contribution in [-0.4, -0.2) is 52.8 Å². The van der Waals surface area contributed by atoms with E-state index in [2.05, 4.69) is 20.5 Å². The molecule has 1 aromatic heterocycles. The lowest BCUT2D eigenvalue weighted by molar-refractivity contribution is 0.0925. The van der Waals surface area contributed by atoms with Gasteiger partial charge in [0.1, 0.15) is 0 Å². The van der Waals surface area contributed by atoms with Crippen LogP contribution in [-0.2, 0) is 0 Å². The molecule has 6 nitrogen and oxygen atoms in total. The van der Waals surface area contributed by atoms with Gasteiger partial charge in [-0.3, -0.25) is 5.32 Å². The number of aliphatic hydroxyl groups is 1. The third-order valence-electron chi connectivity index (χ3n) is 3.70. The topological polar surface area (TPSA) is 77.5 Å². The molecule has 0 aliphatic carbocycles. The van der Waals surface area contributed by atoms with Crippen molar-refractivity contribution in [1.29, 1.82) is 0 Å². The van der Waals surface area contributed by atoms with Crippen molar-refractivity contribution in [2.45, 2.75) is 45.3 Å². The summed E-state index contributed by atoms with van der Waals surface area (Å²) in [6.45, 7) is 6.45. The van der Waals surface area contributed by atoms with Gasteiger partial charge in [-0.2, -0.15) is 0 Å². The highest BCUT2D eigenvalue weighted by molar-refractivity contribution is 7.13. The summed E-state index contributed by atoms with van der Waals surface area (Å²) < 4.78 is 0. The Labute approximate surface area is 129 Å². The molecule has 3 N–H and O–H groups in total. The molecule has 2 amide bonds.